The van der Waals surface area contributed by atoms with Gasteiger partial charge in [0.05, 0.1) is 15.4 Å². The molecule has 0 saturated carbocycles. The van der Waals surface area contributed by atoms with Crippen molar-refractivity contribution in [2.75, 3.05) is 0 Å². The zero-order chi connectivity index (χ0) is 22.2. The third-order valence-corrected chi connectivity index (χ3v) is 4.75. The molecule has 5 aromatic rings. The van der Waals surface area contributed by atoms with Gasteiger partial charge in [-0.15, -0.1) is 15.3 Å². The zero-order valence-electron chi connectivity index (χ0n) is 16.0. The highest BCUT2D eigenvalue weighted by atomic mass is 16.6. The zero-order valence-corrected chi connectivity index (χ0v) is 16.0. The summed E-state index contributed by atoms with van der Waals surface area (Å²) in [5.74, 6) is 0.195. The summed E-state index contributed by atoms with van der Waals surface area (Å²) in [4.78, 5) is 21.5. The van der Waals surface area contributed by atoms with Gasteiger partial charge >= 0.3 is 0 Å². The van der Waals surface area contributed by atoms with Crippen molar-refractivity contribution >= 4 is 22.4 Å². The number of benzene rings is 3. The van der Waals surface area contributed by atoms with Crippen LogP contribution in [-0.4, -0.2) is 35.0 Å². The van der Waals surface area contributed by atoms with Gasteiger partial charge in [0.1, 0.15) is 11.2 Å². The summed E-state index contributed by atoms with van der Waals surface area (Å²) < 4.78 is 7.04. The summed E-state index contributed by atoms with van der Waals surface area (Å²) in [6.45, 7) is 0. The lowest BCUT2D eigenvalue weighted by Crippen LogP contribution is -2.02. The molecule has 0 radical (unpaired) electrons. The summed E-state index contributed by atoms with van der Waals surface area (Å²) in [6, 6.07) is 17.2. The van der Waals surface area contributed by atoms with Crippen LogP contribution in [0, 0.1) is 20.2 Å². The Morgan fingerprint density at radius 1 is 0.781 bits per heavy atom. The molecule has 2 heterocycles. The minimum absolute atomic E-state index is 0.0662. The van der Waals surface area contributed by atoms with Crippen LogP contribution in [0.5, 0.6) is 0 Å². The van der Waals surface area contributed by atoms with Crippen LogP contribution in [0.4, 0.5) is 11.4 Å². The molecule has 5 rings (SSSR count). The highest BCUT2D eigenvalue weighted by Gasteiger charge is 2.22. The summed E-state index contributed by atoms with van der Waals surface area (Å²) in [7, 11) is 0. The molecule has 2 aromatic heterocycles. The van der Waals surface area contributed by atoms with Gasteiger partial charge in [0.25, 0.3) is 11.4 Å². The van der Waals surface area contributed by atoms with Crippen LogP contribution in [0.3, 0.4) is 0 Å². The van der Waals surface area contributed by atoms with E-state index >= 15 is 0 Å². The van der Waals surface area contributed by atoms with Crippen molar-refractivity contribution in [3.63, 3.8) is 0 Å². The molecule has 12 heteroatoms. The molecule has 0 fully saturated rings. The van der Waals surface area contributed by atoms with Crippen molar-refractivity contribution < 1.29 is 14.3 Å². The maximum absolute atomic E-state index is 11.8. The lowest BCUT2D eigenvalue weighted by atomic mass is 10.1. The predicted octanol–water partition coefficient (Wildman–Crippen LogP) is 3.95. The summed E-state index contributed by atoms with van der Waals surface area (Å²) in [5.41, 5.74) is 2.01. The summed E-state index contributed by atoms with van der Waals surface area (Å²) in [5, 5.41) is 38.5. The van der Waals surface area contributed by atoms with E-state index in [4.69, 9.17) is 4.42 Å². The number of aromatic nitrogens is 5. The van der Waals surface area contributed by atoms with Crippen molar-refractivity contribution in [2.45, 2.75) is 0 Å². The molecule has 156 valence electrons. The average Bonchev–Trinajstić information content (AvgIpc) is 3.46. The van der Waals surface area contributed by atoms with E-state index in [1.165, 1.54) is 41.1 Å². The molecule has 0 aliphatic carbocycles. The molecule has 0 unspecified atom stereocenters. The smallest absolute Gasteiger partial charge is 0.295 e. The van der Waals surface area contributed by atoms with Crippen LogP contribution in [0.25, 0.3) is 39.6 Å². The van der Waals surface area contributed by atoms with Crippen LogP contribution in [-0.2, 0) is 0 Å². The molecule has 0 bridgehead atoms. The lowest BCUT2D eigenvalue weighted by Gasteiger charge is -2.05. The van der Waals surface area contributed by atoms with E-state index in [2.05, 4.69) is 20.5 Å². The van der Waals surface area contributed by atoms with Crippen molar-refractivity contribution in [3.05, 3.63) is 87.0 Å². The van der Waals surface area contributed by atoms with E-state index in [1.807, 2.05) is 0 Å². The van der Waals surface area contributed by atoms with Crippen LogP contribution >= 0.6 is 0 Å². The largest absolute Gasteiger partial charge is 0.416 e. The summed E-state index contributed by atoms with van der Waals surface area (Å²) >= 11 is 0. The van der Waals surface area contributed by atoms with Crippen LogP contribution in [0.1, 0.15) is 0 Å². The van der Waals surface area contributed by atoms with Crippen molar-refractivity contribution in [1.29, 1.82) is 0 Å². The first-order chi connectivity index (χ1) is 15.5. The molecule has 0 atom stereocenters. The SMILES string of the molecule is O=[N+]([O-])c1ccc(-c2nnc(-c3ccc(-n4nnc5ccccc54)c([N+](=O)[O-])c3)o2)cc1. The van der Waals surface area contributed by atoms with Gasteiger partial charge in [0.2, 0.25) is 11.8 Å². The normalized spacial score (nSPS) is 11.0. The Morgan fingerprint density at radius 2 is 1.47 bits per heavy atom. The van der Waals surface area contributed by atoms with E-state index in [0.717, 1.165) is 0 Å². The molecule has 0 amide bonds. The number of nitro benzene ring substituents is 2. The maximum Gasteiger partial charge on any atom is 0.295 e. The van der Waals surface area contributed by atoms with Gasteiger partial charge in [-0.2, -0.15) is 0 Å². The second kappa shape index (κ2) is 7.36. The van der Waals surface area contributed by atoms with Crippen molar-refractivity contribution in [2.24, 2.45) is 0 Å². The van der Waals surface area contributed by atoms with Gasteiger partial charge in [0.15, 0.2) is 0 Å². The number of hydrogen-bond acceptors (Lipinski definition) is 9. The second-order valence-corrected chi connectivity index (χ2v) is 6.67. The molecule has 0 saturated heterocycles. The average molecular weight is 429 g/mol. The first kappa shape index (κ1) is 19.0. The quantitative estimate of drug-likeness (QED) is 0.298. The Kier molecular flexibility index (Phi) is 4.37. The first-order valence-corrected chi connectivity index (χ1v) is 9.19. The maximum atomic E-state index is 11.8. The Hall–Kier alpha value is -5.00. The standard InChI is InChI=1S/C20H11N7O5/c28-26(29)14-8-5-12(6-9-14)19-22-23-20(32-19)13-7-10-17(18(11-13)27(30)31)25-16-4-2-1-3-15(16)21-24-25/h1-11H. The molecule has 0 aliphatic rings. The fourth-order valence-corrected chi connectivity index (χ4v) is 3.21. The van der Waals surface area contributed by atoms with Gasteiger partial charge in [-0.1, -0.05) is 17.3 Å². The van der Waals surface area contributed by atoms with Gasteiger partial charge < -0.3 is 4.42 Å². The van der Waals surface area contributed by atoms with Crippen LogP contribution in [0.15, 0.2) is 71.1 Å². The van der Waals surface area contributed by atoms with Crippen LogP contribution < -0.4 is 0 Å². The lowest BCUT2D eigenvalue weighted by molar-refractivity contribution is -0.384. The Labute approximate surface area is 178 Å². The Balaban J connectivity index is 1.53. The summed E-state index contributed by atoms with van der Waals surface area (Å²) in [6.07, 6.45) is 0. The van der Waals surface area contributed by atoms with Gasteiger partial charge in [-0.05, 0) is 36.4 Å². The molecule has 0 spiro atoms. The molecule has 12 nitrogen and oxygen atoms in total. The van der Waals surface area contributed by atoms with Gasteiger partial charge in [-0.3, -0.25) is 20.2 Å². The number of nitro groups is 2. The molecule has 32 heavy (non-hydrogen) atoms. The van der Waals surface area contributed by atoms with E-state index in [9.17, 15) is 20.2 Å². The van der Waals surface area contributed by atoms with Crippen molar-refractivity contribution in [3.8, 4) is 28.6 Å². The van der Waals surface area contributed by atoms with E-state index in [1.54, 1.807) is 30.3 Å². The molecular formula is C20H11N7O5. The van der Waals surface area contributed by atoms with Crippen molar-refractivity contribution in [1.82, 2.24) is 25.2 Å². The minimum atomic E-state index is -0.525. The van der Waals surface area contributed by atoms with Gasteiger partial charge in [-0.25, -0.2) is 4.68 Å². The second-order valence-electron chi connectivity index (χ2n) is 6.67. The Morgan fingerprint density at radius 3 is 2.19 bits per heavy atom. The molecule has 0 aliphatic heterocycles. The first-order valence-electron chi connectivity index (χ1n) is 9.19. The number of nitrogens with zero attached hydrogens (tertiary/aromatic N) is 7. The number of rotatable bonds is 5. The van der Waals surface area contributed by atoms with Crippen LogP contribution in [0.2, 0.25) is 0 Å². The molecule has 3 aromatic carbocycles. The third-order valence-electron chi connectivity index (χ3n) is 4.75. The number of fused-ring (bicyclic) bond motifs is 1. The third kappa shape index (κ3) is 3.21. The topological polar surface area (TPSA) is 156 Å². The Bertz CT molecular complexity index is 1490. The van der Waals surface area contributed by atoms with Gasteiger partial charge in [0, 0.05) is 29.3 Å². The number of non-ortho nitro benzene ring substituents is 1. The monoisotopic (exact) mass is 429 g/mol. The van der Waals surface area contributed by atoms with E-state index < -0.39 is 9.85 Å². The van der Waals surface area contributed by atoms with E-state index in [0.29, 0.717) is 22.2 Å². The molecular weight excluding hydrogens is 418 g/mol. The highest BCUT2D eigenvalue weighted by molar-refractivity contribution is 5.78. The number of hydrogen-bond donors (Lipinski definition) is 0. The molecule has 0 N–H and O–H groups in total. The predicted molar refractivity (Wildman–Crippen MR) is 111 cm³/mol. The fraction of sp³-hybridized carbons (Fsp3) is 0. The minimum Gasteiger partial charge on any atom is -0.416 e. The number of para-hydroxylation sites is 1. The van der Waals surface area contributed by atoms with E-state index in [-0.39, 0.29) is 28.8 Å². The fourth-order valence-electron chi connectivity index (χ4n) is 3.21. The highest BCUT2D eigenvalue weighted by Crippen LogP contribution is 2.32.